The summed E-state index contributed by atoms with van der Waals surface area (Å²) >= 11 is 0. The van der Waals surface area contributed by atoms with E-state index in [1.54, 1.807) is 12.1 Å². The van der Waals surface area contributed by atoms with Crippen molar-refractivity contribution in [1.29, 1.82) is 0 Å². The number of benzene rings is 3. The van der Waals surface area contributed by atoms with Gasteiger partial charge >= 0.3 is 18.4 Å². The molecule has 0 spiro atoms. The zero-order valence-electron chi connectivity index (χ0n) is 30.8. The number of rotatable bonds is 15. The van der Waals surface area contributed by atoms with Crippen LogP contribution in [0.3, 0.4) is 0 Å². The van der Waals surface area contributed by atoms with Gasteiger partial charge in [-0.2, -0.15) is 31.4 Å². The van der Waals surface area contributed by atoms with E-state index in [0.29, 0.717) is 10.6 Å². The number of imide groups is 2. The molecule has 1 unspecified atom stereocenters. The molecule has 0 bridgehead atoms. The number of hydrogen-bond acceptors (Lipinski definition) is 12. The van der Waals surface area contributed by atoms with Gasteiger partial charge in [-0.05, 0) is 55.0 Å². The van der Waals surface area contributed by atoms with Crippen molar-refractivity contribution < 1.29 is 68.9 Å². The summed E-state index contributed by atoms with van der Waals surface area (Å²) in [6, 6.07) is 7.68. The fourth-order valence-electron chi connectivity index (χ4n) is 5.91. The highest BCUT2D eigenvalue weighted by Crippen LogP contribution is 2.43. The van der Waals surface area contributed by atoms with Crippen LogP contribution in [0.4, 0.5) is 46.9 Å². The van der Waals surface area contributed by atoms with Gasteiger partial charge in [0.1, 0.15) is 17.6 Å². The van der Waals surface area contributed by atoms with E-state index in [2.05, 4.69) is 20.7 Å². The standard InChI is InChI=1S/C37H34F7N7O8/c1-50(22-7-5-21(38)6-8-22)35(56)59-31-24(17-20(36(39,40)41)18-25(31)37(42,43)44)27(49-45)19-46-11-13-57-15-16-58-14-12-47-26-4-2-3-23-30(26)34(55)51(33(23)54)28-9-10-29(52)48-32(28)53/h2-8,17-19,28,47H,9-16,45H2,1H3,(H,48,52,53). The molecule has 5 amide bonds. The predicted octanol–water partition coefficient (Wildman–Crippen LogP) is 4.78. The Kier molecular flexibility index (Phi) is 13.7. The number of anilines is 2. The Morgan fingerprint density at radius 2 is 1.66 bits per heavy atom. The second kappa shape index (κ2) is 18.4. The highest BCUT2D eigenvalue weighted by atomic mass is 19.4. The molecule has 0 radical (unpaired) electrons. The van der Waals surface area contributed by atoms with Crippen molar-refractivity contribution in [1.82, 2.24) is 10.2 Å². The zero-order chi connectivity index (χ0) is 43.1. The summed E-state index contributed by atoms with van der Waals surface area (Å²) in [5.41, 5.74) is -4.86. The third-order valence-corrected chi connectivity index (χ3v) is 8.79. The maximum Gasteiger partial charge on any atom is 0.420 e. The molecular formula is C37H34F7N7O8. The van der Waals surface area contributed by atoms with Crippen LogP contribution in [0.15, 0.2) is 64.7 Å². The fourth-order valence-corrected chi connectivity index (χ4v) is 5.91. The van der Waals surface area contributed by atoms with E-state index in [1.165, 1.54) is 6.07 Å². The third-order valence-electron chi connectivity index (χ3n) is 8.79. The van der Waals surface area contributed by atoms with Gasteiger partial charge in [-0.25, -0.2) is 9.18 Å². The molecule has 3 aromatic rings. The Bertz CT molecular complexity index is 2160. The molecule has 2 heterocycles. The summed E-state index contributed by atoms with van der Waals surface area (Å²) in [5.74, 6) is 0.790. The summed E-state index contributed by atoms with van der Waals surface area (Å²) in [5, 5.41) is 8.44. The van der Waals surface area contributed by atoms with Crippen LogP contribution in [0, 0.1) is 5.82 Å². The molecular weight excluding hydrogens is 803 g/mol. The lowest BCUT2D eigenvalue weighted by Gasteiger charge is -2.27. The minimum Gasteiger partial charge on any atom is -0.409 e. The molecule has 0 saturated carbocycles. The number of carbonyl (C=O) groups excluding carboxylic acids is 5. The number of aliphatic imine (C=N–C) groups is 1. The number of hydrogen-bond donors (Lipinski definition) is 3. The smallest absolute Gasteiger partial charge is 0.409 e. The van der Waals surface area contributed by atoms with Crippen molar-refractivity contribution in [3.05, 3.63) is 88.2 Å². The molecule has 2 aliphatic heterocycles. The zero-order valence-corrected chi connectivity index (χ0v) is 30.8. The topological polar surface area (TPSA) is 194 Å². The van der Waals surface area contributed by atoms with Crippen LogP contribution in [0.5, 0.6) is 5.75 Å². The molecule has 4 N–H and O–H groups in total. The second-order valence-electron chi connectivity index (χ2n) is 12.7. The lowest BCUT2D eigenvalue weighted by molar-refractivity contribution is -0.143. The fraction of sp³-hybridized carbons (Fsp3) is 0.324. The van der Waals surface area contributed by atoms with E-state index in [0.717, 1.165) is 42.4 Å². The van der Waals surface area contributed by atoms with Crippen LogP contribution in [0.25, 0.3) is 0 Å². The number of nitrogens with two attached hydrogens (primary N) is 1. The van der Waals surface area contributed by atoms with Crippen LogP contribution in [-0.4, -0.2) is 99.2 Å². The number of ether oxygens (including phenoxy) is 3. The number of amides is 5. The van der Waals surface area contributed by atoms with Crippen molar-refractivity contribution in [2.24, 2.45) is 15.9 Å². The maximum atomic E-state index is 14.2. The van der Waals surface area contributed by atoms with Gasteiger partial charge in [0.05, 0.1) is 55.2 Å². The number of hydrazone groups is 1. The number of halogens is 7. The molecule has 1 fully saturated rings. The Morgan fingerprint density at radius 1 is 0.966 bits per heavy atom. The lowest BCUT2D eigenvalue weighted by atomic mass is 9.99. The highest BCUT2D eigenvalue weighted by Gasteiger charge is 2.46. The average Bonchev–Trinajstić information content (AvgIpc) is 3.43. The van der Waals surface area contributed by atoms with Gasteiger partial charge in [0.2, 0.25) is 11.8 Å². The number of fused-ring (bicyclic) bond motifs is 1. The number of nitrogens with zero attached hydrogens (tertiary/aromatic N) is 4. The number of carbonyl (C=O) groups is 5. The molecule has 3 aromatic carbocycles. The van der Waals surface area contributed by atoms with Gasteiger partial charge in [-0.3, -0.25) is 39.3 Å². The summed E-state index contributed by atoms with van der Waals surface area (Å²) in [6.07, 6.45) is -11.4. The minimum absolute atomic E-state index is 0.00964. The number of alkyl halides is 6. The summed E-state index contributed by atoms with van der Waals surface area (Å²) < 4.78 is 113. The SMILES string of the molecule is CN(C(=O)Oc1c(C(C=NCCOCCOCCNc2cccc3c2C(=O)N(C2CCC(=O)NC2=O)C3=O)=NN)cc(C(F)(F)F)cc1C(F)(F)F)c1ccc(F)cc1. The first-order chi connectivity index (χ1) is 27.9. The highest BCUT2D eigenvalue weighted by molar-refractivity contribution is 6.39. The number of piperidine rings is 1. The minimum atomic E-state index is -5.45. The first kappa shape index (κ1) is 43.7. The van der Waals surface area contributed by atoms with E-state index in [-0.39, 0.29) is 81.3 Å². The van der Waals surface area contributed by atoms with E-state index in [1.807, 2.05) is 0 Å². The van der Waals surface area contributed by atoms with Crippen LogP contribution < -0.4 is 26.1 Å². The molecule has 5 rings (SSSR count). The van der Waals surface area contributed by atoms with E-state index >= 15 is 0 Å². The molecule has 15 nitrogen and oxygen atoms in total. The molecule has 2 aliphatic rings. The Morgan fingerprint density at radius 3 is 2.31 bits per heavy atom. The molecule has 314 valence electrons. The summed E-state index contributed by atoms with van der Waals surface area (Å²) in [7, 11) is 1.08. The summed E-state index contributed by atoms with van der Waals surface area (Å²) in [4.78, 5) is 68.5. The Labute approximate surface area is 329 Å². The monoisotopic (exact) mass is 837 g/mol. The van der Waals surface area contributed by atoms with Gasteiger partial charge in [0, 0.05) is 43.2 Å². The average molecular weight is 838 g/mol. The molecule has 59 heavy (non-hydrogen) atoms. The van der Waals surface area contributed by atoms with E-state index < -0.39 is 82.1 Å². The van der Waals surface area contributed by atoms with E-state index in [4.69, 9.17) is 20.1 Å². The van der Waals surface area contributed by atoms with Crippen LogP contribution >= 0.6 is 0 Å². The molecule has 0 aromatic heterocycles. The van der Waals surface area contributed by atoms with Gasteiger partial charge in [-0.15, -0.1) is 0 Å². The molecule has 1 saturated heterocycles. The van der Waals surface area contributed by atoms with Crippen LogP contribution in [-0.2, 0) is 31.4 Å². The second-order valence-corrected chi connectivity index (χ2v) is 12.7. The van der Waals surface area contributed by atoms with E-state index in [9.17, 15) is 54.7 Å². The van der Waals surface area contributed by atoms with Crippen molar-refractivity contribution in [2.75, 3.05) is 56.8 Å². The molecule has 22 heteroatoms. The van der Waals surface area contributed by atoms with Crippen molar-refractivity contribution in [3.63, 3.8) is 0 Å². The van der Waals surface area contributed by atoms with Gasteiger partial charge in [0.15, 0.2) is 5.75 Å². The quantitative estimate of drug-likeness (QED) is 0.0479. The van der Waals surface area contributed by atoms with Crippen molar-refractivity contribution in [3.8, 4) is 5.75 Å². The van der Waals surface area contributed by atoms with Gasteiger partial charge < -0.3 is 25.4 Å². The first-order valence-electron chi connectivity index (χ1n) is 17.5. The lowest BCUT2D eigenvalue weighted by Crippen LogP contribution is -2.54. The largest absolute Gasteiger partial charge is 0.420 e. The van der Waals surface area contributed by atoms with Gasteiger partial charge in [0.25, 0.3) is 11.8 Å². The molecule has 1 atom stereocenters. The Hall–Kier alpha value is -6.42. The predicted molar refractivity (Wildman–Crippen MR) is 195 cm³/mol. The normalized spacial score (nSPS) is 16.1. The third kappa shape index (κ3) is 10.4. The summed E-state index contributed by atoms with van der Waals surface area (Å²) in [6.45, 7) is 0.145. The maximum absolute atomic E-state index is 14.2. The van der Waals surface area contributed by atoms with Gasteiger partial charge in [-0.1, -0.05) is 6.07 Å². The Balaban J connectivity index is 1.14. The van der Waals surface area contributed by atoms with Crippen LogP contribution in [0.2, 0.25) is 0 Å². The van der Waals surface area contributed by atoms with Crippen molar-refractivity contribution >= 4 is 53.0 Å². The number of nitrogens with one attached hydrogen (secondary N) is 2. The van der Waals surface area contributed by atoms with Crippen LogP contribution in [0.1, 0.15) is 50.2 Å². The molecule has 0 aliphatic carbocycles. The van der Waals surface area contributed by atoms with Crippen molar-refractivity contribution in [2.45, 2.75) is 31.2 Å². The first-order valence-corrected chi connectivity index (χ1v) is 17.5.